The van der Waals surface area contributed by atoms with E-state index in [0.29, 0.717) is 25.4 Å². The fraction of sp³-hybridized carbons (Fsp3) is 0.263. The second kappa shape index (κ2) is 7.30. The highest BCUT2D eigenvalue weighted by Gasteiger charge is 2.35. The Bertz CT molecular complexity index is 881. The lowest BCUT2D eigenvalue weighted by Gasteiger charge is -2.17. The fourth-order valence-corrected chi connectivity index (χ4v) is 2.87. The Morgan fingerprint density at radius 2 is 1.96 bits per heavy atom. The molecule has 0 aromatic heterocycles. The minimum Gasteiger partial charge on any atom is -0.491 e. The van der Waals surface area contributed by atoms with E-state index in [2.05, 4.69) is 5.32 Å². The van der Waals surface area contributed by atoms with Gasteiger partial charge in [-0.1, -0.05) is 12.1 Å². The molecule has 0 aliphatic carbocycles. The van der Waals surface area contributed by atoms with Gasteiger partial charge in [0.2, 0.25) is 0 Å². The maximum absolute atomic E-state index is 13.1. The van der Waals surface area contributed by atoms with Crippen molar-refractivity contribution in [1.29, 1.82) is 0 Å². The molecule has 0 unspecified atom stereocenters. The highest BCUT2D eigenvalue weighted by atomic mass is 19.4. The highest BCUT2D eigenvalue weighted by molar-refractivity contribution is 6.06. The zero-order valence-electron chi connectivity index (χ0n) is 14.5. The molecule has 0 saturated heterocycles. The third kappa shape index (κ3) is 3.89. The lowest BCUT2D eigenvalue weighted by atomic mass is 10.1. The second-order valence-electron chi connectivity index (χ2n) is 5.94. The average molecular weight is 378 g/mol. The van der Waals surface area contributed by atoms with Crippen molar-refractivity contribution < 1.29 is 27.5 Å². The van der Waals surface area contributed by atoms with Gasteiger partial charge in [0.15, 0.2) is 0 Å². The molecule has 0 atom stereocenters. The van der Waals surface area contributed by atoms with E-state index in [1.54, 1.807) is 4.90 Å². The summed E-state index contributed by atoms with van der Waals surface area (Å²) in [4.78, 5) is 26.5. The quantitative estimate of drug-likeness (QED) is 0.884. The normalized spacial score (nSPS) is 14.2. The van der Waals surface area contributed by atoms with Crippen LogP contribution in [0.1, 0.15) is 33.2 Å². The Kier molecular flexibility index (Phi) is 5.07. The van der Waals surface area contributed by atoms with Crippen molar-refractivity contribution in [1.82, 2.24) is 4.90 Å². The molecular weight excluding hydrogens is 361 g/mol. The van der Waals surface area contributed by atoms with E-state index < -0.39 is 23.2 Å². The van der Waals surface area contributed by atoms with Crippen molar-refractivity contribution >= 4 is 17.5 Å². The summed E-state index contributed by atoms with van der Waals surface area (Å²) in [7, 11) is 0. The number of rotatable bonds is 3. The molecule has 3 rings (SSSR count). The van der Waals surface area contributed by atoms with Gasteiger partial charge >= 0.3 is 6.18 Å². The Morgan fingerprint density at radius 3 is 2.67 bits per heavy atom. The van der Waals surface area contributed by atoms with Gasteiger partial charge in [-0.2, -0.15) is 13.2 Å². The van der Waals surface area contributed by atoms with Crippen LogP contribution in [0.15, 0.2) is 42.5 Å². The molecule has 0 radical (unpaired) electrons. The average Bonchev–Trinajstić information content (AvgIpc) is 2.80. The van der Waals surface area contributed by atoms with Crippen LogP contribution in [0.5, 0.6) is 5.75 Å². The molecule has 2 aromatic carbocycles. The number of ether oxygens (including phenoxy) is 1. The van der Waals surface area contributed by atoms with E-state index in [4.69, 9.17) is 4.74 Å². The van der Waals surface area contributed by atoms with Crippen molar-refractivity contribution in [3.8, 4) is 5.75 Å². The summed E-state index contributed by atoms with van der Waals surface area (Å²) in [6.45, 7) is 3.11. The number of hydrogen-bond acceptors (Lipinski definition) is 3. The summed E-state index contributed by atoms with van der Waals surface area (Å²) in [5, 5.41) is 2.43. The number of amides is 2. The minimum absolute atomic E-state index is 0.214. The number of nitrogens with zero attached hydrogens (tertiary/aromatic N) is 1. The number of carbonyl (C=O) groups is 2. The number of likely N-dealkylation sites (N-methyl/N-ethyl adjacent to an activating group) is 1. The maximum Gasteiger partial charge on any atom is 0.417 e. The molecule has 8 heteroatoms. The van der Waals surface area contributed by atoms with Gasteiger partial charge in [-0.05, 0) is 37.3 Å². The fourth-order valence-electron chi connectivity index (χ4n) is 2.87. The number of hydrogen-bond donors (Lipinski definition) is 1. The molecule has 27 heavy (non-hydrogen) atoms. The standard InChI is InChI=1S/C19H17F3N2O3/c1-2-24-9-10-27-16-8-7-12(11-14(16)18(24)26)23-17(25)13-5-3-4-6-15(13)19(20,21)22/h3-8,11H,2,9-10H2,1H3,(H,23,25). The van der Waals surface area contributed by atoms with Gasteiger partial charge < -0.3 is 15.0 Å². The van der Waals surface area contributed by atoms with E-state index in [0.717, 1.165) is 12.1 Å². The molecular formula is C19H17F3N2O3. The largest absolute Gasteiger partial charge is 0.491 e. The predicted octanol–water partition coefficient (Wildman–Crippen LogP) is 3.81. The lowest BCUT2D eigenvalue weighted by molar-refractivity contribution is -0.137. The minimum atomic E-state index is -4.65. The third-order valence-electron chi connectivity index (χ3n) is 4.23. The van der Waals surface area contributed by atoms with Crippen molar-refractivity contribution in [3.63, 3.8) is 0 Å². The first kappa shape index (κ1) is 18.8. The number of anilines is 1. The van der Waals surface area contributed by atoms with Gasteiger partial charge in [0.05, 0.1) is 23.2 Å². The first-order chi connectivity index (χ1) is 12.8. The van der Waals surface area contributed by atoms with Crippen LogP contribution in [0, 0.1) is 0 Å². The molecule has 1 heterocycles. The Hall–Kier alpha value is -3.03. The monoisotopic (exact) mass is 378 g/mol. The highest BCUT2D eigenvalue weighted by Crippen LogP contribution is 2.32. The smallest absolute Gasteiger partial charge is 0.417 e. The van der Waals surface area contributed by atoms with Crippen LogP contribution in [0.25, 0.3) is 0 Å². The summed E-state index contributed by atoms with van der Waals surface area (Å²) in [5.74, 6) is -0.779. The van der Waals surface area contributed by atoms with Gasteiger partial charge in [-0.25, -0.2) is 0 Å². The van der Waals surface area contributed by atoms with Crippen LogP contribution in [0.4, 0.5) is 18.9 Å². The summed E-state index contributed by atoms with van der Waals surface area (Å²) < 4.78 is 44.8. The zero-order valence-corrected chi connectivity index (χ0v) is 14.5. The van der Waals surface area contributed by atoms with Crippen LogP contribution < -0.4 is 10.1 Å². The Balaban J connectivity index is 1.90. The van der Waals surface area contributed by atoms with Gasteiger partial charge in [0.1, 0.15) is 12.4 Å². The third-order valence-corrected chi connectivity index (χ3v) is 4.23. The first-order valence-electron chi connectivity index (χ1n) is 8.35. The molecule has 0 saturated carbocycles. The molecule has 2 amide bonds. The zero-order chi connectivity index (χ0) is 19.6. The Morgan fingerprint density at radius 1 is 1.22 bits per heavy atom. The number of nitrogens with one attached hydrogen (secondary N) is 1. The van der Waals surface area contributed by atoms with Crippen molar-refractivity contribution in [2.45, 2.75) is 13.1 Å². The summed E-state index contributed by atoms with van der Waals surface area (Å²) in [6, 6.07) is 8.96. The van der Waals surface area contributed by atoms with Gasteiger partial charge in [0.25, 0.3) is 11.8 Å². The molecule has 142 valence electrons. The van der Waals surface area contributed by atoms with Crippen LogP contribution in [0.3, 0.4) is 0 Å². The molecule has 1 aliphatic rings. The molecule has 5 nitrogen and oxygen atoms in total. The van der Waals surface area contributed by atoms with E-state index in [-0.39, 0.29) is 17.2 Å². The van der Waals surface area contributed by atoms with E-state index >= 15 is 0 Å². The molecule has 1 aliphatic heterocycles. The first-order valence-corrected chi connectivity index (χ1v) is 8.35. The van der Waals surface area contributed by atoms with Crippen LogP contribution in [-0.4, -0.2) is 36.4 Å². The summed E-state index contributed by atoms with van der Waals surface area (Å²) in [5.41, 5.74) is -1.03. The molecule has 2 aromatic rings. The lowest BCUT2D eigenvalue weighted by Crippen LogP contribution is -2.32. The van der Waals surface area contributed by atoms with Crippen LogP contribution >= 0.6 is 0 Å². The van der Waals surface area contributed by atoms with Gasteiger partial charge in [-0.3, -0.25) is 9.59 Å². The maximum atomic E-state index is 13.1. The van der Waals surface area contributed by atoms with Crippen molar-refractivity contribution in [2.24, 2.45) is 0 Å². The van der Waals surface area contributed by atoms with E-state index in [1.165, 1.54) is 30.3 Å². The second-order valence-corrected chi connectivity index (χ2v) is 5.94. The molecule has 0 bridgehead atoms. The summed E-state index contributed by atoms with van der Waals surface area (Å²) in [6.07, 6.45) is -4.65. The van der Waals surface area contributed by atoms with Crippen molar-refractivity contribution in [3.05, 3.63) is 59.2 Å². The van der Waals surface area contributed by atoms with Crippen LogP contribution in [-0.2, 0) is 6.18 Å². The van der Waals surface area contributed by atoms with E-state index in [9.17, 15) is 22.8 Å². The number of carbonyl (C=O) groups excluding carboxylic acids is 2. The molecule has 0 spiro atoms. The number of halogens is 3. The molecule has 1 N–H and O–H groups in total. The topological polar surface area (TPSA) is 58.6 Å². The van der Waals surface area contributed by atoms with Crippen LogP contribution in [0.2, 0.25) is 0 Å². The Labute approximate surface area is 153 Å². The van der Waals surface area contributed by atoms with E-state index in [1.807, 2.05) is 6.92 Å². The SMILES string of the molecule is CCN1CCOc2ccc(NC(=O)c3ccccc3C(F)(F)F)cc2C1=O. The number of alkyl halides is 3. The van der Waals surface area contributed by atoms with Gasteiger partial charge in [0, 0.05) is 12.2 Å². The summed E-state index contributed by atoms with van der Waals surface area (Å²) >= 11 is 0. The molecule has 0 fully saturated rings. The van der Waals surface area contributed by atoms with Gasteiger partial charge in [-0.15, -0.1) is 0 Å². The van der Waals surface area contributed by atoms with Crippen molar-refractivity contribution in [2.75, 3.05) is 25.0 Å². The number of fused-ring (bicyclic) bond motifs is 1. The number of benzene rings is 2. The predicted molar refractivity (Wildman–Crippen MR) is 92.9 cm³/mol.